The van der Waals surface area contributed by atoms with E-state index in [0.717, 1.165) is 24.3 Å². The third kappa shape index (κ3) is 2.26. The molecule has 1 aromatic carbocycles. The van der Waals surface area contributed by atoms with Crippen molar-refractivity contribution in [2.24, 2.45) is 0 Å². The lowest BCUT2D eigenvalue weighted by molar-refractivity contribution is 0.0985. The average Bonchev–Trinajstić information content (AvgIpc) is 2.74. The number of hydrogen-bond donors (Lipinski definition) is 1. The molecule has 4 nitrogen and oxygen atoms in total. The summed E-state index contributed by atoms with van der Waals surface area (Å²) in [7, 11) is 0. The van der Waals surface area contributed by atoms with Crippen LogP contribution in [-0.4, -0.2) is 19.0 Å². The molecule has 0 saturated heterocycles. The molecule has 0 aliphatic carbocycles. The highest BCUT2D eigenvalue weighted by atomic mass is 79.9. The first-order valence-electron chi connectivity index (χ1n) is 6.15. The number of carbonyl (C=O) groups is 1. The molecular formula is C14H13BrN2O2. The van der Waals surface area contributed by atoms with Crippen LogP contribution in [0.25, 0.3) is 0 Å². The fraction of sp³-hybridized carbons (Fsp3) is 0.214. The van der Waals surface area contributed by atoms with Gasteiger partial charge in [-0.3, -0.25) is 4.79 Å². The second kappa shape index (κ2) is 5.09. The minimum absolute atomic E-state index is 0.0447. The molecule has 1 aliphatic rings. The normalized spacial score (nSPS) is 14.5. The quantitative estimate of drug-likeness (QED) is 0.874. The molecule has 0 atom stereocenters. The molecule has 5 heteroatoms. The van der Waals surface area contributed by atoms with Gasteiger partial charge in [-0.25, -0.2) is 0 Å². The lowest BCUT2D eigenvalue weighted by atomic mass is 10.2. The van der Waals surface area contributed by atoms with Gasteiger partial charge in [-0.1, -0.05) is 12.1 Å². The van der Waals surface area contributed by atoms with E-state index in [2.05, 4.69) is 21.2 Å². The van der Waals surface area contributed by atoms with Gasteiger partial charge >= 0.3 is 0 Å². The van der Waals surface area contributed by atoms with Crippen molar-refractivity contribution in [3.8, 4) is 0 Å². The van der Waals surface area contributed by atoms with Crippen LogP contribution >= 0.6 is 15.9 Å². The number of rotatable bonds is 1. The van der Waals surface area contributed by atoms with Gasteiger partial charge in [0.15, 0.2) is 4.67 Å². The SMILES string of the molecule is O=C(c1ccoc1Br)N1CCCNc2ccccc21. The molecule has 0 radical (unpaired) electrons. The first kappa shape index (κ1) is 12.3. The van der Waals surface area contributed by atoms with Crippen molar-refractivity contribution in [1.82, 2.24) is 0 Å². The first-order valence-corrected chi connectivity index (χ1v) is 6.94. The van der Waals surface area contributed by atoms with E-state index in [-0.39, 0.29) is 5.91 Å². The Labute approximate surface area is 119 Å². The van der Waals surface area contributed by atoms with Gasteiger partial charge in [0.1, 0.15) is 0 Å². The summed E-state index contributed by atoms with van der Waals surface area (Å²) in [5.41, 5.74) is 2.46. The Bertz CT molecular complexity index is 609. The number of amides is 1. The molecule has 1 aromatic heterocycles. The largest absolute Gasteiger partial charge is 0.457 e. The van der Waals surface area contributed by atoms with Gasteiger partial charge in [-0.15, -0.1) is 0 Å². The Morgan fingerprint density at radius 2 is 2.16 bits per heavy atom. The number of hydrogen-bond acceptors (Lipinski definition) is 3. The Morgan fingerprint density at radius 3 is 2.95 bits per heavy atom. The molecule has 1 amide bonds. The minimum Gasteiger partial charge on any atom is -0.457 e. The van der Waals surface area contributed by atoms with Crippen molar-refractivity contribution < 1.29 is 9.21 Å². The molecule has 98 valence electrons. The van der Waals surface area contributed by atoms with E-state index < -0.39 is 0 Å². The molecule has 0 spiro atoms. The number of furan rings is 1. The van der Waals surface area contributed by atoms with E-state index in [1.54, 1.807) is 11.0 Å². The topological polar surface area (TPSA) is 45.5 Å². The van der Waals surface area contributed by atoms with Crippen molar-refractivity contribution in [3.63, 3.8) is 0 Å². The summed E-state index contributed by atoms with van der Waals surface area (Å²) in [5, 5.41) is 3.34. The van der Waals surface area contributed by atoms with Crippen LogP contribution in [0.3, 0.4) is 0 Å². The summed E-state index contributed by atoms with van der Waals surface area (Å²) in [6.45, 7) is 1.56. The predicted molar refractivity (Wildman–Crippen MR) is 77.6 cm³/mol. The van der Waals surface area contributed by atoms with Crippen LogP contribution in [-0.2, 0) is 0 Å². The van der Waals surface area contributed by atoms with E-state index in [1.165, 1.54) is 6.26 Å². The summed E-state index contributed by atoms with van der Waals surface area (Å²) in [6.07, 6.45) is 2.43. The Kier molecular flexibility index (Phi) is 3.29. The highest BCUT2D eigenvalue weighted by Crippen LogP contribution is 2.30. The number of halogens is 1. The maximum Gasteiger partial charge on any atom is 0.262 e. The molecule has 1 N–H and O–H groups in total. The summed E-state index contributed by atoms with van der Waals surface area (Å²) < 4.78 is 5.63. The number of para-hydroxylation sites is 2. The fourth-order valence-electron chi connectivity index (χ4n) is 2.24. The molecule has 0 unspecified atom stereocenters. The molecule has 1 aliphatic heterocycles. The Balaban J connectivity index is 2.01. The van der Waals surface area contributed by atoms with Gasteiger partial charge in [0.05, 0.1) is 23.2 Å². The molecule has 0 bridgehead atoms. The summed E-state index contributed by atoms with van der Waals surface area (Å²) in [4.78, 5) is 14.4. The van der Waals surface area contributed by atoms with Crippen molar-refractivity contribution in [1.29, 1.82) is 0 Å². The molecular weight excluding hydrogens is 308 g/mol. The van der Waals surface area contributed by atoms with Crippen molar-refractivity contribution >= 4 is 33.2 Å². The van der Waals surface area contributed by atoms with Gasteiger partial charge in [-0.05, 0) is 40.5 Å². The van der Waals surface area contributed by atoms with E-state index in [9.17, 15) is 4.79 Å². The number of anilines is 2. The van der Waals surface area contributed by atoms with Crippen molar-refractivity contribution in [3.05, 3.63) is 46.8 Å². The average molecular weight is 321 g/mol. The van der Waals surface area contributed by atoms with Crippen LogP contribution in [0, 0.1) is 0 Å². The number of nitrogens with zero attached hydrogens (tertiary/aromatic N) is 1. The monoisotopic (exact) mass is 320 g/mol. The van der Waals surface area contributed by atoms with Gasteiger partial charge in [-0.2, -0.15) is 0 Å². The maximum absolute atomic E-state index is 12.6. The van der Waals surface area contributed by atoms with E-state index in [1.807, 2.05) is 24.3 Å². The summed E-state index contributed by atoms with van der Waals surface area (Å²) >= 11 is 3.26. The molecule has 3 rings (SSSR count). The van der Waals surface area contributed by atoms with Crippen molar-refractivity contribution in [2.45, 2.75) is 6.42 Å². The zero-order valence-electron chi connectivity index (χ0n) is 10.2. The third-order valence-corrected chi connectivity index (χ3v) is 3.78. The summed E-state index contributed by atoms with van der Waals surface area (Å²) in [5.74, 6) is -0.0447. The molecule has 2 aromatic rings. The lowest BCUT2D eigenvalue weighted by Crippen LogP contribution is -2.31. The number of carbonyl (C=O) groups excluding carboxylic acids is 1. The van der Waals surface area contributed by atoms with Crippen LogP contribution in [0.4, 0.5) is 11.4 Å². The third-order valence-electron chi connectivity index (χ3n) is 3.16. The first-order chi connectivity index (χ1) is 9.27. The van der Waals surface area contributed by atoms with E-state index >= 15 is 0 Å². The molecule has 19 heavy (non-hydrogen) atoms. The van der Waals surface area contributed by atoms with Crippen molar-refractivity contribution in [2.75, 3.05) is 23.3 Å². The minimum atomic E-state index is -0.0447. The van der Waals surface area contributed by atoms with Crippen LogP contribution in [0.1, 0.15) is 16.8 Å². The maximum atomic E-state index is 12.6. The second-order valence-electron chi connectivity index (χ2n) is 4.36. The van der Waals surface area contributed by atoms with Gasteiger partial charge in [0.2, 0.25) is 0 Å². The van der Waals surface area contributed by atoms with Crippen LogP contribution in [0.5, 0.6) is 0 Å². The zero-order chi connectivity index (χ0) is 13.2. The molecule has 2 heterocycles. The number of fused-ring (bicyclic) bond motifs is 1. The van der Waals surface area contributed by atoms with Crippen LogP contribution in [0.2, 0.25) is 0 Å². The van der Waals surface area contributed by atoms with Crippen LogP contribution < -0.4 is 10.2 Å². The fourth-order valence-corrected chi connectivity index (χ4v) is 2.65. The van der Waals surface area contributed by atoms with Crippen LogP contribution in [0.15, 0.2) is 45.7 Å². The van der Waals surface area contributed by atoms with Gasteiger partial charge in [0.25, 0.3) is 5.91 Å². The summed E-state index contributed by atoms with van der Waals surface area (Å²) in [6, 6.07) is 9.54. The smallest absolute Gasteiger partial charge is 0.262 e. The van der Waals surface area contributed by atoms with E-state index in [4.69, 9.17) is 4.42 Å². The molecule has 0 fully saturated rings. The number of benzene rings is 1. The zero-order valence-corrected chi connectivity index (χ0v) is 11.8. The molecule has 0 saturated carbocycles. The number of nitrogens with one attached hydrogen (secondary N) is 1. The lowest BCUT2D eigenvalue weighted by Gasteiger charge is -2.21. The standard InChI is InChI=1S/C14H13BrN2O2/c15-13-10(6-9-19-13)14(18)17-8-3-7-16-11-4-1-2-5-12(11)17/h1-2,4-6,9,16H,3,7-8H2. The Hall–Kier alpha value is -1.75. The highest BCUT2D eigenvalue weighted by Gasteiger charge is 2.24. The Morgan fingerprint density at radius 1 is 1.32 bits per heavy atom. The van der Waals surface area contributed by atoms with Gasteiger partial charge in [0, 0.05) is 13.1 Å². The van der Waals surface area contributed by atoms with E-state index in [0.29, 0.717) is 16.8 Å². The highest BCUT2D eigenvalue weighted by molar-refractivity contribution is 9.10. The second-order valence-corrected chi connectivity index (χ2v) is 5.08. The predicted octanol–water partition coefficient (Wildman–Crippen LogP) is 3.50. The van der Waals surface area contributed by atoms with Gasteiger partial charge < -0.3 is 14.6 Å².